The lowest BCUT2D eigenvalue weighted by atomic mass is 9.44. The predicted molar refractivity (Wildman–Crippen MR) is 127 cm³/mol. The first-order chi connectivity index (χ1) is 16.9. The van der Waals surface area contributed by atoms with E-state index in [0.717, 1.165) is 0 Å². The summed E-state index contributed by atoms with van der Waals surface area (Å²) in [6.45, 7) is 4.61. The lowest BCUT2D eigenvalue weighted by Crippen LogP contribution is -2.69. The first-order valence-electron chi connectivity index (χ1n) is 12.5. The fraction of sp³-hybridized carbons (Fsp3) is 0.571. The molecule has 7 nitrogen and oxygen atoms in total. The minimum Gasteiger partial charge on any atom is -0.454 e. The SMILES string of the molecule is CC1CC2C3CCC4=CC(=O)C=CC4(C)C3(F)C(O)CC2(C)C1(O)C(=O)COC(=O)c1ccncc1. The van der Waals surface area contributed by atoms with E-state index in [1.54, 1.807) is 26.8 Å². The Labute approximate surface area is 209 Å². The van der Waals surface area contributed by atoms with E-state index in [2.05, 4.69) is 4.98 Å². The summed E-state index contributed by atoms with van der Waals surface area (Å²) in [6, 6.07) is 2.93. The Bertz CT molecular complexity index is 1180. The van der Waals surface area contributed by atoms with Gasteiger partial charge < -0.3 is 14.9 Å². The van der Waals surface area contributed by atoms with Crippen LogP contribution in [0.5, 0.6) is 0 Å². The van der Waals surface area contributed by atoms with Gasteiger partial charge in [-0.2, -0.15) is 0 Å². The number of ether oxygens (including phenoxy) is 1. The number of halogens is 1. The molecule has 0 aliphatic heterocycles. The summed E-state index contributed by atoms with van der Waals surface area (Å²) >= 11 is 0. The average Bonchev–Trinajstić information content (AvgIpc) is 3.05. The topological polar surface area (TPSA) is 114 Å². The molecule has 192 valence electrons. The van der Waals surface area contributed by atoms with E-state index >= 15 is 4.39 Å². The van der Waals surface area contributed by atoms with Crippen molar-refractivity contribution in [1.82, 2.24) is 4.98 Å². The maximum absolute atomic E-state index is 17.2. The summed E-state index contributed by atoms with van der Waals surface area (Å²) in [5.74, 6) is -3.05. The summed E-state index contributed by atoms with van der Waals surface area (Å²) in [7, 11) is 0. The Kier molecular flexibility index (Phi) is 5.65. The monoisotopic (exact) mass is 497 g/mol. The molecule has 0 amide bonds. The number of pyridine rings is 1. The van der Waals surface area contributed by atoms with Gasteiger partial charge in [-0.15, -0.1) is 0 Å². The maximum Gasteiger partial charge on any atom is 0.338 e. The third-order valence-electron chi connectivity index (χ3n) is 9.90. The Morgan fingerprint density at radius 1 is 1.22 bits per heavy atom. The molecule has 1 aromatic heterocycles. The Hall–Kier alpha value is -2.71. The average molecular weight is 498 g/mol. The van der Waals surface area contributed by atoms with Gasteiger partial charge in [-0.05, 0) is 68.7 Å². The number of alkyl halides is 1. The number of fused-ring (bicyclic) bond motifs is 5. The van der Waals surface area contributed by atoms with Gasteiger partial charge in [0.1, 0.15) is 5.60 Å². The second kappa shape index (κ2) is 8.15. The molecule has 8 unspecified atom stereocenters. The number of aromatic nitrogens is 1. The van der Waals surface area contributed by atoms with Gasteiger partial charge in [0.15, 0.2) is 18.1 Å². The Morgan fingerprint density at radius 3 is 2.61 bits per heavy atom. The normalized spacial score (nSPS) is 43.2. The molecule has 8 atom stereocenters. The summed E-state index contributed by atoms with van der Waals surface area (Å²) in [6.07, 6.45) is 7.03. The van der Waals surface area contributed by atoms with Gasteiger partial charge in [0.2, 0.25) is 5.78 Å². The lowest BCUT2D eigenvalue weighted by Gasteiger charge is -2.62. The molecular weight excluding hydrogens is 465 g/mol. The first-order valence-corrected chi connectivity index (χ1v) is 12.5. The van der Waals surface area contributed by atoms with Crippen molar-refractivity contribution in [3.8, 4) is 0 Å². The number of aliphatic hydroxyl groups is 2. The van der Waals surface area contributed by atoms with Crippen LogP contribution in [0.3, 0.4) is 0 Å². The van der Waals surface area contributed by atoms with Crippen molar-refractivity contribution in [2.75, 3.05) is 6.61 Å². The number of hydrogen-bond donors (Lipinski definition) is 2. The predicted octanol–water partition coefficient (Wildman–Crippen LogP) is 3.16. The van der Waals surface area contributed by atoms with E-state index in [1.165, 1.54) is 36.7 Å². The molecule has 0 saturated heterocycles. The highest BCUT2D eigenvalue weighted by Gasteiger charge is 2.75. The second-order valence-electron chi connectivity index (χ2n) is 11.4. The third kappa shape index (κ3) is 3.10. The zero-order chi connectivity index (χ0) is 26.1. The highest BCUT2D eigenvalue weighted by molar-refractivity contribution is 6.01. The number of esters is 1. The van der Waals surface area contributed by atoms with Crippen LogP contribution in [0.25, 0.3) is 0 Å². The van der Waals surface area contributed by atoms with Crippen LogP contribution in [0, 0.1) is 28.6 Å². The molecule has 0 spiro atoms. The Morgan fingerprint density at radius 2 is 1.92 bits per heavy atom. The van der Waals surface area contributed by atoms with Crippen LogP contribution in [0.2, 0.25) is 0 Å². The number of carbonyl (C=O) groups is 3. The minimum absolute atomic E-state index is 0.125. The zero-order valence-electron chi connectivity index (χ0n) is 20.7. The van der Waals surface area contributed by atoms with Gasteiger partial charge in [0.25, 0.3) is 0 Å². The number of aliphatic hydroxyl groups excluding tert-OH is 1. The summed E-state index contributed by atoms with van der Waals surface area (Å²) in [5, 5.41) is 23.3. The van der Waals surface area contributed by atoms with Crippen molar-refractivity contribution in [2.45, 2.75) is 63.8 Å². The van der Waals surface area contributed by atoms with Crippen molar-refractivity contribution in [2.24, 2.45) is 28.6 Å². The largest absolute Gasteiger partial charge is 0.454 e. The standard InChI is InChI=1S/C28H32FNO6/c1-16-12-21-20-5-4-18-13-19(31)6-9-25(18,2)27(20,29)22(32)14-26(21,3)28(16,35)23(33)15-36-24(34)17-7-10-30-11-8-17/h6-11,13,16,20-22,32,35H,4-5,12,14-15H2,1-3H3. The molecule has 2 N–H and O–H groups in total. The molecule has 5 rings (SSSR count). The molecule has 3 saturated carbocycles. The Balaban J connectivity index is 1.44. The quantitative estimate of drug-likeness (QED) is 0.615. The molecular formula is C28H32FNO6. The van der Waals surface area contributed by atoms with Crippen LogP contribution < -0.4 is 0 Å². The fourth-order valence-electron chi connectivity index (χ4n) is 7.95. The summed E-state index contributed by atoms with van der Waals surface area (Å²) in [4.78, 5) is 41.7. The van der Waals surface area contributed by atoms with Crippen LogP contribution in [-0.4, -0.2) is 56.7 Å². The van der Waals surface area contributed by atoms with E-state index in [9.17, 15) is 24.6 Å². The molecule has 1 heterocycles. The molecule has 3 fully saturated rings. The van der Waals surface area contributed by atoms with Crippen LogP contribution in [0.1, 0.15) is 56.8 Å². The van der Waals surface area contributed by atoms with Crippen molar-refractivity contribution >= 4 is 17.5 Å². The highest BCUT2D eigenvalue weighted by Crippen LogP contribution is 2.70. The number of rotatable bonds is 4. The molecule has 8 heteroatoms. The van der Waals surface area contributed by atoms with Gasteiger partial charge in [-0.3, -0.25) is 14.6 Å². The van der Waals surface area contributed by atoms with E-state index in [0.29, 0.717) is 24.8 Å². The van der Waals surface area contributed by atoms with Gasteiger partial charge >= 0.3 is 5.97 Å². The van der Waals surface area contributed by atoms with Crippen LogP contribution in [-0.2, 0) is 14.3 Å². The van der Waals surface area contributed by atoms with E-state index in [4.69, 9.17) is 4.74 Å². The zero-order valence-corrected chi connectivity index (χ0v) is 20.7. The molecule has 0 radical (unpaired) electrons. The number of nitrogens with zero attached hydrogens (tertiary/aromatic N) is 1. The highest BCUT2D eigenvalue weighted by atomic mass is 19.1. The van der Waals surface area contributed by atoms with Gasteiger partial charge in [-0.1, -0.05) is 25.5 Å². The van der Waals surface area contributed by atoms with Gasteiger partial charge in [0, 0.05) is 29.1 Å². The van der Waals surface area contributed by atoms with Crippen LogP contribution in [0.4, 0.5) is 4.39 Å². The number of ketones is 2. The van der Waals surface area contributed by atoms with Crippen molar-refractivity contribution < 1.29 is 33.7 Å². The van der Waals surface area contributed by atoms with Gasteiger partial charge in [-0.25, -0.2) is 9.18 Å². The number of allylic oxidation sites excluding steroid dienone is 4. The van der Waals surface area contributed by atoms with Gasteiger partial charge in [0.05, 0.1) is 11.7 Å². The molecule has 0 aromatic carbocycles. The van der Waals surface area contributed by atoms with E-state index in [1.807, 2.05) is 0 Å². The molecule has 0 bridgehead atoms. The number of carbonyl (C=O) groups excluding carboxylic acids is 3. The third-order valence-corrected chi connectivity index (χ3v) is 9.90. The molecule has 4 aliphatic rings. The van der Waals surface area contributed by atoms with Crippen molar-refractivity contribution in [1.29, 1.82) is 0 Å². The fourth-order valence-corrected chi connectivity index (χ4v) is 7.95. The molecule has 1 aromatic rings. The lowest BCUT2D eigenvalue weighted by molar-refractivity contribution is -0.219. The maximum atomic E-state index is 17.2. The summed E-state index contributed by atoms with van der Waals surface area (Å²) < 4.78 is 22.4. The van der Waals surface area contributed by atoms with Crippen LogP contribution >= 0.6 is 0 Å². The van der Waals surface area contributed by atoms with E-state index in [-0.39, 0.29) is 23.7 Å². The second-order valence-corrected chi connectivity index (χ2v) is 11.4. The first kappa shape index (κ1) is 25.0. The van der Waals surface area contributed by atoms with Crippen LogP contribution in [0.15, 0.2) is 48.3 Å². The van der Waals surface area contributed by atoms with Crippen molar-refractivity contribution in [3.63, 3.8) is 0 Å². The van der Waals surface area contributed by atoms with E-state index < -0.39 is 58.4 Å². The number of hydrogen-bond acceptors (Lipinski definition) is 7. The van der Waals surface area contributed by atoms with Crippen molar-refractivity contribution in [3.05, 3.63) is 53.9 Å². The molecule has 36 heavy (non-hydrogen) atoms. The molecule has 4 aliphatic carbocycles. The smallest absolute Gasteiger partial charge is 0.338 e. The summed E-state index contributed by atoms with van der Waals surface area (Å²) in [5.41, 5.74) is -5.27. The number of Topliss-reactive ketones (excluding diaryl/α,β-unsaturated/α-hetero) is 1. The minimum atomic E-state index is -2.04.